The quantitative estimate of drug-likeness (QED) is 0.789. The van der Waals surface area contributed by atoms with E-state index in [-0.39, 0.29) is 11.7 Å². The molecule has 0 bridgehead atoms. The zero-order valence-electron chi connectivity index (χ0n) is 11.8. The standard InChI is InChI=1S/C17H15BrFNO/c1-11-7-12(2)9-15(8-11)20-17(21)6-3-13-10-14(18)4-5-16(13)19/h3-10H,1-2H3,(H,20,21)/b6-3+. The minimum absolute atomic E-state index is 0.292. The molecule has 2 aromatic carbocycles. The van der Waals surface area contributed by atoms with Crippen molar-refractivity contribution in [2.45, 2.75) is 13.8 Å². The number of nitrogens with one attached hydrogen (secondary N) is 1. The molecular weight excluding hydrogens is 333 g/mol. The molecule has 2 nitrogen and oxygen atoms in total. The SMILES string of the molecule is Cc1cc(C)cc(NC(=O)/C=C/c2cc(Br)ccc2F)c1. The smallest absolute Gasteiger partial charge is 0.248 e. The summed E-state index contributed by atoms with van der Waals surface area (Å²) in [5.41, 5.74) is 3.25. The molecule has 0 atom stereocenters. The van der Waals surface area contributed by atoms with Crippen LogP contribution in [0.5, 0.6) is 0 Å². The Bertz CT molecular complexity index is 690. The third kappa shape index (κ3) is 4.53. The molecule has 21 heavy (non-hydrogen) atoms. The number of halogens is 2. The van der Waals surface area contributed by atoms with Crippen molar-refractivity contribution in [3.8, 4) is 0 Å². The van der Waals surface area contributed by atoms with Crippen LogP contribution in [0.25, 0.3) is 6.08 Å². The third-order valence-electron chi connectivity index (χ3n) is 2.86. The summed E-state index contributed by atoms with van der Waals surface area (Å²) in [5, 5.41) is 2.77. The molecule has 0 aliphatic rings. The van der Waals surface area contributed by atoms with Crippen LogP contribution in [-0.2, 0) is 4.79 Å². The summed E-state index contributed by atoms with van der Waals surface area (Å²) in [6, 6.07) is 10.4. The number of benzene rings is 2. The van der Waals surface area contributed by atoms with E-state index in [0.29, 0.717) is 5.56 Å². The molecule has 0 fully saturated rings. The zero-order valence-corrected chi connectivity index (χ0v) is 13.4. The lowest BCUT2D eigenvalue weighted by atomic mass is 10.1. The van der Waals surface area contributed by atoms with Crippen LogP contribution >= 0.6 is 15.9 Å². The van der Waals surface area contributed by atoms with Crippen molar-refractivity contribution in [3.05, 3.63) is 69.5 Å². The van der Waals surface area contributed by atoms with Gasteiger partial charge in [-0.05, 0) is 61.4 Å². The Morgan fingerprint density at radius 3 is 2.48 bits per heavy atom. The Kier molecular flexibility index (Phi) is 4.91. The number of anilines is 1. The largest absolute Gasteiger partial charge is 0.322 e. The first-order chi connectivity index (χ1) is 9.94. The van der Waals surface area contributed by atoms with Crippen molar-refractivity contribution in [2.75, 3.05) is 5.32 Å². The van der Waals surface area contributed by atoms with Crippen molar-refractivity contribution in [1.29, 1.82) is 0 Å². The van der Waals surface area contributed by atoms with Gasteiger partial charge in [0.15, 0.2) is 0 Å². The molecule has 1 amide bonds. The van der Waals surface area contributed by atoms with Crippen LogP contribution in [-0.4, -0.2) is 5.91 Å². The summed E-state index contributed by atoms with van der Waals surface area (Å²) in [6.07, 6.45) is 2.78. The Morgan fingerprint density at radius 1 is 1.14 bits per heavy atom. The highest BCUT2D eigenvalue weighted by Gasteiger charge is 2.02. The number of hydrogen-bond acceptors (Lipinski definition) is 1. The number of carbonyl (C=O) groups excluding carboxylic acids is 1. The molecule has 0 saturated carbocycles. The second kappa shape index (κ2) is 6.68. The van der Waals surface area contributed by atoms with Crippen LogP contribution in [0.3, 0.4) is 0 Å². The first-order valence-corrected chi connectivity index (χ1v) is 7.26. The average molecular weight is 348 g/mol. The Labute approximate surface area is 131 Å². The fourth-order valence-electron chi connectivity index (χ4n) is 2.04. The van der Waals surface area contributed by atoms with Crippen molar-refractivity contribution in [1.82, 2.24) is 0 Å². The fourth-order valence-corrected chi connectivity index (χ4v) is 2.42. The monoisotopic (exact) mass is 347 g/mol. The minimum atomic E-state index is -0.367. The molecule has 108 valence electrons. The van der Waals surface area contributed by atoms with Gasteiger partial charge < -0.3 is 5.32 Å². The second-order valence-corrected chi connectivity index (χ2v) is 5.78. The Morgan fingerprint density at radius 2 is 1.81 bits per heavy atom. The van der Waals surface area contributed by atoms with Crippen LogP contribution < -0.4 is 5.32 Å². The van der Waals surface area contributed by atoms with Gasteiger partial charge in [0.1, 0.15) is 5.82 Å². The van der Waals surface area contributed by atoms with E-state index in [2.05, 4.69) is 21.2 Å². The Hall–Kier alpha value is -1.94. The van der Waals surface area contributed by atoms with Gasteiger partial charge in [0.2, 0.25) is 5.91 Å². The van der Waals surface area contributed by atoms with Crippen LogP contribution in [0.2, 0.25) is 0 Å². The van der Waals surface area contributed by atoms with Gasteiger partial charge in [0.25, 0.3) is 0 Å². The fraction of sp³-hybridized carbons (Fsp3) is 0.118. The molecule has 0 aromatic heterocycles. The maximum atomic E-state index is 13.5. The summed E-state index contributed by atoms with van der Waals surface area (Å²) in [5.74, 6) is -0.659. The lowest BCUT2D eigenvalue weighted by molar-refractivity contribution is -0.111. The van der Waals surface area contributed by atoms with E-state index < -0.39 is 0 Å². The van der Waals surface area contributed by atoms with Crippen molar-refractivity contribution >= 4 is 33.6 Å². The lowest BCUT2D eigenvalue weighted by Crippen LogP contribution is -2.08. The van der Waals surface area contributed by atoms with Crippen molar-refractivity contribution in [2.24, 2.45) is 0 Å². The maximum absolute atomic E-state index is 13.5. The predicted octanol–water partition coefficient (Wildman–Crippen LogP) is 4.86. The maximum Gasteiger partial charge on any atom is 0.248 e. The average Bonchev–Trinajstić information content (AvgIpc) is 2.38. The summed E-state index contributed by atoms with van der Waals surface area (Å²) in [4.78, 5) is 11.9. The van der Waals surface area contributed by atoms with Crippen molar-refractivity contribution in [3.63, 3.8) is 0 Å². The molecule has 4 heteroatoms. The summed E-state index contributed by atoms with van der Waals surface area (Å²) in [6.45, 7) is 3.94. The number of amides is 1. The molecule has 0 saturated heterocycles. The van der Waals surface area contributed by atoms with E-state index in [4.69, 9.17) is 0 Å². The third-order valence-corrected chi connectivity index (χ3v) is 3.35. The van der Waals surface area contributed by atoms with E-state index in [1.54, 1.807) is 12.1 Å². The van der Waals surface area contributed by atoms with Crippen LogP contribution in [0.1, 0.15) is 16.7 Å². The predicted molar refractivity (Wildman–Crippen MR) is 87.7 cm³/mol. The highest BCUT2D eigenvalue weighted by Crippen LogP contribution is 2.17. The molecule has 0 aliphatic carbocycles. The first kappa shape index (κ1) is 15.4. The topological polar surface area (TPSA) is 29.1 Å². The normalized spacial score (nSPS) is 10.9. The van der Waals surface area contributed by atoms with E-state index in [9.17, 15) is 9.18 Å². The molecule has 1 N–H and O–H groups in total. The first-order valence-electron chi connectivity index (χ1n) is 6.46. The summed E-state index contributed by atoms with van der Waals surface area (Å²) >= 11 is 3.27. The zero-order chi connectivity index (χ0) is 15.4. The van der Waals surface area contributed by atoms with Gasteiger partial charge in [-0.15, -0.1) is 0 Å². The number of aryl methyl sites for hydroxylation is 2. The molecule has 0 unspecified atom stereocenters. The van der Waals surface area contributed by atoms with Crippen LogP contribution in [0.4, 0.5) is 10.1 Å². The van der Waals surface area contributed by atoms with Crippen molar-refractivity contribution < 1.29 is 9.18 Å². The number of carbonyl (C=O) groups is 1. The lowest BCUT2D eigenvalue weighted by Gasteiger charge is -2.05. The van der Waals surface area contributed by atoms with Gasteiger partial charge in [-0.25, -0.2) is 4.39 Å². The second-order valence-electron chi connectivity index (χ2n) is 4.86. The minimum Gasteiger partial charge on any atom is -0.322 e. The molecule has 2 rings (SSSR count). The van der Waals surface area contributed by atoms with Crippen LogP contribution in [0, 0.1) is 19.7 Å². The molecule has 0 aliphatic heterocycles. The van der Waals surface area contributed by atoms with Gasteiger partial charge in [0, 0.05) is 21.8 Å². The molecular formula is C17H15BrFNO. The number of hydrogen-bond donors (Lipinski definition) is 1. The van der Waals surface area contributed by atoms with Crippen LogP contribution in [0.15, 0.2) is 46.9 Å². The summed E-state index contributed by atoms with van der Waals surface area (Å²) in [7, 11) is 0. The molecule has 0 heterocycles. The number of rotatable bonds is 3. The summed E-state index contributed by atoms with van der Waals surface area (Å²) < 4.78 is 14.3. The highest BCUT2D eigenvalue weighted by molar-refractivity contribution is 9.10. The van der Waals surface area contributed by atoms with Gasteiger partial charge in [-0.1, -0.05) is 22.0 Å². The highest BCUT2D eigenvalue weighted by atomic mass is 79.9. The van der Waals surface area contributed by atoms with Gasteiger partial charge in [0.05, 0.1) is 0 Å². The van der Waals surface area contributed by atoms with Gasteiger partial charge in [-0.2, -0.15) is 0 Å². The van der Waals surface area contributed by atoms with Gasteiger partial charge in [-0.3, -0.25) is 4.79 Å². The molecule has 0 radical (unpaired) electrons. The van der Waals surface area contributed by atoms with E-state index in [1.165, 1.54) is 18.2 Å². The Balaban J connectivity index is 2.10. The van der Waals surface area contributed by atoms with E-state index in [1.807, 2.05) is 32.0 Å². The molecule has 0 spiro atoms. The van der Waals surface area contributed by atoms with E-state index >= 15 is 0 Å². The molecule has 2 aromatic rings. The van der Waals surface area contributed by atoms with Gasteiger partial charge >= 0.3 is 0 Å². The van der Waals surface area contributed by atoms with E-state index in [0.717, 1.165) is 21.3 Å².